The van der Waals surface area contributed by atoms with Gasteiger partial charge in [-0.15, -0.1) is 5.11 Å². The fourth-order valence-corrected chi connectivity index (χ4v) is 2.34. The van der Waals surface area contributed by atoms with Crippen LogP contribution in [0.2, 0.25) is 0 Å². The van der Waals surface area contributed by atoms with Crippen molar-refractivity contribution in [3.05, 3.63) is 30.0 Å². The molecule has 0 unspecified atom stereocenters. The minimum absolute atomic E-state index is 0.0305. The Kier molecular flexibility index (Phi) is 3.85. The van der Waals surface area contributed by atoms with E-state index >= 15 is 0 Å². The van der Waals surface area contributed by atoms with Crippen LogP contribution < -0.4 is 10.1 Å². The lowest BCUT2D eigenvalue weighted by Gasteiger charge is -2.08. The highest BCUT2D eigenvalue weighted by Gasteiger charge is 2.44. The lowest BCUT2D eigenvalue weighted by Crippen LogP contribution is -2.29. The molecule has 1 aromatic carbocycles. The van der Waals surface area contributed by atoms with E-state index in [4.69, 9.17) is 15.7 Å². The number of hydrogen-bond acceptors (Lipinski definition) is 4. The van der Waals surface area contributed by atoms with E-state index in [1.54, 1.807) is 6.07 Å². The van der Waals surface area contributed by atoms with Crippen LogP contribution in [0.3, 0.4) is 0 Å². The molecule has 0 atom stereocenters. The molecule has 7 nitrogen and oxygen atoms in total. The minimum Gasteiger partial charge on any atom is -0.485 e. The third-order valence-electron chi connectivity index (χ3n) is 4.15. The molecule has 1 heterocycles. The molecule has 0 radical (unpaired) electrons. The van der Waals surface area contributed by atoms with Crippen molar-refractivity contribution < 1.29 is 9.53 Å². The molecule has 23 heavy (non-hydrogen) atoms. The van der Waals surface area contributed by atoms with E-state index in [2.05, 4.69) is 15.4 Å². The van der Waals surface area contributed by atoms with Crippen LogP contribution in [-0.2, 0) is 11.3 Å². The van der Waals surface area contributed by atoms with Crippen LogP contribution in [0.1, 0.15) is 25.5 Å². The Hall–Kier alpha value is -2.70. The number of H-pyrrole nitrogens is 1. The van der Waals surface area contributed by atoms with Gasteiger partial charge < -0.3 is 15.0 Å². The third-order valence-corrected chi connectivity index (χ3v) is 4.15. The largest absolute Gasteiger partial charge is 0.485 e. The molecule has 4 N–H and O–H groups in total. The Morgan fingerprint density at radius 2 is 2.22 bits per heavy atom. The fourth-order valence-electron chi connectivity index (χ4n) is 2.34. The molecule has 0 saturated heterocycles. The summed E-state index contributed by atoms with van der Waals surface area (Å²) in [5, 5.41) is 14.3. The molecule has 7 heteroatoms. The van der Waals surface area contributed by atoms with Gasteiger partial charge >= 0.3 is 0 Å². The highest BCUT2D eigenvalue weighted by molar-refractivity contribution is 5.85. The van der Waals surface area contributed by atoms with Gasteiger partial charge in [-0.05, 0) is 36.4 Å². The highest BCUT2D eigenvalue weighted by Crippen LogP contribution is 2.45. The number of ether oxygens (including phenoxy) is 1. The molecular formula is C16H19N5O2. The smallest absolute Gasteiger partial charge is 0.226 e. The van der Waals surface area contributed by atoms with Crippen LogP contribution in [0.4, 0.5) is 0 Å². The zero-order valence-corrected chi connectivity index (χ0v) is 12.9. The number of aromatic amines is 1. The fraction of sp³-hybridized carbons (Fsp3) is 0.375. The number of rotatable bonds is 6. The van der Waals surface area contributed by atoms with Crippen molar-refractivity contribution in [2.45, 2.75) is 26.3 Å². The van der Waals surface area contributed by atoms with Crippen molar-refractivity contribution >= 4 is 22.6 Å². The van der Waals surface area contributed by atoms with Gasteiger partial charge in [-0.3, -0.25) is 10.2 Å². The predicted molar refractivity (Wildman–Crippen MR) is 85.9 cm³/mol. The van der Waals surface area contributed by atoms with Gasteiger partial charge in [0.15, 0.2) is 5.84 Å². The minimum atomic E-state index is -0.166. The van der Waals surface area contributed by atoms with Gasteiger partial charge in [-0.25, -0.2) is 5.53 Å². The van der Waals surface area contributed by atoms with Gasteiger partial charge in [0.05, 0.1) is 6.54 Å². The number of fused-ring (bicyclic) bond motifs is 1. The monoisotopic (exact) mass is 313 g/mol. The summed E-state index contributed by atoms with van der Waals surface area (Å²) in [4.78, 5) is 15.2. The summed E-state index contributed by atoms with van der Waals surface area (Å²) in [6, 6.07) is 7.55. The van der Waals surface area contributed by atoms with Crippen LogP contribution in [0.25, 0.3) is 10.9 Å². The van der Waals surface area contributed by atoms with Gasteiger partial charge in [0.1, 0.15) is 12.4 Å². The van der Waals surface area contributed by atoms with E-state index in [9.17, 15) is 4.79 Å². The van der Waals surface area contributed by atoms with Crippen molar-refractivity contribution in [2.24, 2.45) is 10.5 Å². The van der Waals surface area contributed by atoms with Crippen molar-refractivity contribution in [2.75, 3.05) is 6.61 Å². The van der Waals surface area contributed by atoms with E-state index < -0.39 is 0 Å². The second kappa shape index (κ2) is 5.83. The molecule has 0 spiro atoms. The summed E-state index contributed by atoms with van der Waals surface area (Å²) in [5.41, 5.74) is 8.39. The molecule has 120 valence electrons. The molecule has 1 aromatic heterocycles. The number of amides is 1. The summed E-state index contributed by atoms with van der Waals surface area (Å²) in [7, 11) is 0. The average molecular weight is 313 g/mol. The van der Waals surface area contributed by atoms with Crippen molar-refractivity contribution in [1.29, 1.82) is 10.9 Å². The summed E-state index contributed by atoms with van der Waals surface area (Å²) in [5.74, 6) is 0.584. The quantitative estimate of drug-likeness (QED) is 0.373. The Morgan fingerprint density at radius 3 is 2.91 bits per heavy atom. The second-order valence-electron chi connectivity index (χ2n) is 6.13. The highest BCUT2D eigenvalue weighted by atomic mass is 16.5. The predicted octanol–water partition coefficient (Wildman–Crippen LogP) is 2.97. The molecule has 0 aliphatic heterocycles. The number of aromatic nitrogens is 1. The van der Waals surface area contributed by atoms with Crippen LogP contribution in [0.5, 0.6) is 5.75 Å². The normalized spacial score (nSPS) is 15.2. The van der Waals surface area contributed by atoms with Crippen molar-refractivity contribution in [3.8, 4) is 5.75 Å². The maximum atomic E-state index is 12.0. The second-order valence-corrected chi connectivity index (χ2v) is 6.13. The van der Waals surface area contributed by atoms with E-state index in [-0.39, 0.29) is 23.8 Å². The molecule has 1 fully saturated rings. The van der Waals surface area contributed by atoms with Crippen LogP contribution in [0, 0.1) is 16.4 Å². The molecule has 1 amide bonds. The number of nitrogens with one attached hydrogen (secondary N) is 4. The summed E-state index contributed by atoms with van der Waals surface area (Å²) in [6.45, 7) is 2.43. The molecule has 3 rings (SSSR count). The standard InChI is InChI=1S/C16H19N5O2/c1-16(4-5-16)15(22)19-8-11-6-10-2-3-12(7-13(10)20-11)23-9-14(17)21-18/h2-3,6-7,17-18,20H,4-5,8-9H2,1H3,(H,19,22). The molecule has 1 aliphatic rings. The number of carbonyl (C=O) groups is 1. The molecule has 1 saturated carbocycles. The number of benzene rings is 1. The average Bonchev–Trinajstić information content (AvgIpc) is 3.17. The van der Waals surface area contributed by atoms with E-state index in [0.29, 0.717) is 12.3 Å². The number of amidine groups is 1. The Bertz CT molecular complexity index is 776. The lowest BCUT2D eigenvalue weighted by atomic mass is 10.1. The van der Waals surface area contributed by atoms with Crippen LogP contribution in [-0.4, -0.2) is 23.3 Å². The maximum Gasteiger partial charge on any atom is 0.226 e. The number of carbonyl (C=O) groups excluding carboxylic acids is 1. The van der Waals surface area contributed by atoms with Crippen LogP contribution >= 0.6 is 0 Å². The third kappa shape index (κ3) is 3.39. The van der Waals surface area contributed by atoms with Gasteiger partial charge in [0.25, 0.3) is 0 Å². The van der Waals surface area contributed by atoms with Crippen LogP contribution in [0.15, 0.2) is 29.4 Å². The summed E-state index contributed by atoms with van der Waals surface area (Å²) >= 11 is 0. The Morgan fingerprint density at radius 1 is 1.43 bits per heavy atom. The van der Waals surface area contributed by atoms with E-state index in [1.165, 1.54) is 0 Å². The van der Waals surface area contributed by atoms with E-state index in [0.717, 1.165) is 29.4 Å². The molecular weight excluding hydrogens is 294 g/mol. The maximum absolute atomic E-state index is 12.0. The molecule has 2 aromatic rings. The first-order valence-electron chi connectivity index (χ1n) is 7.48. The SMILES string of the molecule is CC1(C(=O)NCc2cc3ccc(OCC(=N)N=N)cc3[nH]2)CC1. The topological polar surface area (TPSA) is 114 Å². The van der Waals surface area contributed by atoms with Gasteiger partial charge in [-0.1, -0.05) is 6.92 Å². The first-order chi connectivity index (χ1) is 11.0. The first kappa shape index (κ1) is 15.2. The van der Waals surface area contributed by atoms with Crippen molar-refractivity contribution in [1.82, 2.24) is 10.3 Å². The summed E-state index contributed by atoms with van der Waals surface area (Å²) in [6.07, 6.45) is 1.93. The van der Waals surface area contributed by atoms with Gasteiger partial charge in [0, 0.05) is 22.7 Å². The zero-order chi connectivity index (χ0) is 16.4. The summed E-state index contributed by atoms with van der Waals surface area (Å²) < 4.78 is 5.40. The van der Waals surface area contributed by atoms with Crippen molar-refractivity contribution in [3.63, 3.8) is 0 Å². The zero-order valence-electron chi connectivity index (χ0n) is 12.9. The molecule has 0 bridgehead atoms. The number of nitrogens with zero attached hydrogens (tertiary/aromatic N) is 1. The van der Waals surface area contributed by atoms with Gasteiger partial charge in [-0.2, -0.15) is 0 Å². The number of hydrogen-bond donors (Lipinski definition) is 4. The molecule has 1 aliphatic carbocycles. The first-order valence-corrected chi connectivity index (χ1v) is 7.48. The Balaban J connectivity index is 1.65. The van der Waals surface area contributed by atoms with E-state index in [1.807, 2.05) is 25.1 Å². The Labute approximate surface area is 133 Å². The van der Waals surface area contributed by atoms with Gasteiger partial charge in [0.2, 0.25) is 5.91 Å². The lowest BCUT2D eigenvalue weighted by molar-refractivity contribution is -0.125.